The van der Waals surface area contributed by atoms with Crippen molar-refractivity contribution < 1.29 is 4.74 Å². The maximum atomic E-state index is 6.49. The summed E-state index contributed by atoms with van der Waals surface area (Å²) in [5.41, 5.74) is 2.36. The van der Waals surface area contributed by atoms with Gasteiger partial charge in [-0.25, -0.2) is 9.97 Å². The van der Waals surface area contributed by atoms with Gasteiger partial charge < -0.3 is 4.74 Å². The van der Waals surface area contributed by atoms with Crippen molar-refractivity contribution in [3.05, 3.63) is 62.9 Å². The van der Waals surface area contributed by atoms with E-state index in [0.29, 0.717) is 11.0 Å². The minimum absolute atomic E-state index is 0.527. The van der Waals surface area contributed by atoms with Gasteiger partial charge in [0.2, 0.25) is 0 Å². The fourth-order valence-electron chi connectivity index (χ4n) is 2.79. The lowest BCUT2D eigenvalue weighted by molar-refractivity contribution is 0.414. The van der Waals surface area contributed by atoms with Crippen LogP contribution in [0.2, 0.25) is 5.15 Å². The van der Waals surface area contributed by atoms with E-state index in [0.717, 1.165) is 32.8 Å². The molecule has 0 aliphatic heterocycles. The molecule has 0 unspecified atom stereocenters. The molecular weight excluding hydrogens is 372 g/mol. The molecule has 0 atom stereocenters. The minimum Gasteiger partial charge on any atom is -0.497 e. The number of aromatic nitrogens is 2. The van der Waals surface area contributed by atoms with E-state index in [1.807, 2.05) is 29.6 Å². The molecule has 0 aliphatic rings. The summed E-state index contributed by atoms with van der Waals surface area (Å²) in [7, 11) is 1.69. The molecule has 0 N–H and O–H groups in total. The summed E-state index contributed by atoms with van der Waals surface area (Å²) in [5.74, 6) is 1.57. The number of nitrogens with zero attached hydrogens (tertiary/aromatic N) is 2. The van der Waals surface area contributed by atoms with Crippen molar-refractivity contribution in [1.82, 2.24) is 9.97 Å². The van der Waals surface area contributed by atoms with Gasteiger partial charge in [-0.1, -0.05) is 29.8 Å². The molecule has 0 radical (unpaired) electrons. The second-order valence-corrected chi connectivity index (χ2v) is 8.06. The molecule has 0 saturated heterocycles. The Hall–Kier alpha value is -1.95. The molecule has 4 aromatic rings. The van der Waals surface area contributed by atoms with E-state index in [1.54, 1.807) is 29.8 Å². The van der Waals surface area contributed by atoms with Crippen LogP contribution in [-0.4, -0.2) is 17.1 Å². The van der Waals surface area contributed by atoms with Gasteiger partial charge in [0, 0.05) is 11.3 Å². The number of ether oxygens (including phenoxy) is 1. The van der Waals surface area contributed by atoms with Gasteiger partial charge in [-0.2, -0.15) is 0 Å². The highest BCUT2D eigenvalue weighted by Crippen LogP contribution is 2.37. The molecule has 25 heavy (non-hydrogen) atoms. The summed E-state index contributed by atoms with van der Waals surface area (Å²) in [5, 5.41) is 3.51. The number of methoxy groups -OCH3 is 1. The summed E-state index contributed by atoms with van der Waals surface area (Å²) >= 11 is 9.79. The van der Waals surface area contributed by atoms with Gasteiger partial charge in [0.1, 0.15) is 15.7 Å². The Morgan fingerprint density at radius 2 is 2.04 bits per heavy atom. The molecule has 0 aliphatic carbocycles. The van der Waals surface area contributed by atoms with E-state index >= 15 is 0 Å². The van der Waals surface area contributed by atoms with Gasteiger partial charge in [-0.3, -0.25) is 0 Å². The maximum absolute atomic E-state index is 6.49. The van der Waals surface area contributed by atoms with Crippen molar-refractivity contribution >= 4 is 44.5 Å². The number of halogens is 1. The Labute approximate surface area is 158 Å². The lowest BCUT2D eigenvalue weighted by Gasteiger charge is -2.04. The Morgan fingerprint density at radius 3 is 2.80 bits per heavy atom. The SMILES string of the molecule is COc1cccc(Cc2sc3nc(-c4cccs4)nc(Cl)c3c2C)c1. The zero-order valence-corrected chi connectivity index (χ0v) is 16.1. The van der Waals surface area contributed by atoms with Crippen LogP contribution in [0.15, 0.2) is 41.8 Å². The first-order chi connectivity index (χ1) is 12.2. The molecule has 3 aromatic heterocycles. The van der Waals surface area contributed by atoms with Crippen LogP contribution >= 0.6 is 34.3 Å². The monoisotopic (exact) mass is 386 g/mol. The van der Waals surface area contributed by atoms with Crippen LogP contribution in [0.4, 0.5) is 0 Å². The van der Waals surface area contributed by atoms with Gasteiger partial charge in [0.15, 0.2) is 5.82 Å². The van der Waals surface area contributed by atoms with E-state index in [9.17, 15) is 0 Å². The first-order valence-electron chi connectivity index (χ1n) is 7.78. The zero-order valence-electron chi connectivity index (χ0n) is 13.7. The Kier molecular flexibility index (Phi) is 4.46. The quantitative estimate of drug-likeness (QED) is 0.404. The average Bonchev–Trinajstić information content (AvgIpc) is 3.24. The molecular formula is C19H15ClN2OS2. The highest BCUT2D eigenvalue weighted by Gasteiger charge is 2.16. The Morgan fingerprint density at radius 1 is 1.16 bits per heavy atom. The number of fused-ring (bicyclic) bond motifs is 1. The predicted molar refractivity (Wildman–Crippen MR) is 106 cm³/mol. The van der Waals surface area contributed by atoms with Crippen molar-refractivity contribution in [3.63, 3.8) is 0 Å². The van der Waals surface area contributed by atoms with Gasteiger partial charge in [-0.05, 0) is 41.6 Å². The molecule has 3 heterocycles. The van der Waals surface area contributed by atoms with Crippen LogP contribution in [0.1, 0.15) is 16.0 Å². The first kappa shape index (κ1) is 16.5. The number of hydrogen-bond acceptors (Lipinski definition) is 5. The summed E-state index contributed by atoms with van der Waals surface area (Å²) < 4.78 is 5.32. The fourth-order valence-corrected chi connectivity index (χ4v) is 5.02. The molecule has 3 nitrogen and oxygen atoms in total. The van der Waals surface area contributed by atoms with Gasteiger partial charge in [-0.15, -0.1) is 22.7 Å². The van der Waals surface area contributed by atoms with E-state index in [4.69, 9.17) is 21.3 Å². The number of hydrogen-bond donors (Lipinski definition) is 0. The molecule has 0 saturated carbocycles. The van der Waals surface area contributed by atoms with E-state index in [-0.39, 0.29) is 0 Å². The summed E-state index contributed by atoms with van der Waals surface area (Å²) in [6.45, 7) is 2.09. The molecule has 126 valence electrons. The molecule has 6 heteroatoms. The van der Waals surface area contributed by atoms with Crippen LogP contribution in [0.3, 0.4) is 0 Å². The maximum Gasteiger partial charge on any atom is 0.172 e. The van der Waals surface area contributed by atoms with Crippen molar-refractivity contribution in [2.45, 2.75) is 13.3 Å². The van der Waals surface area contributed by atoms with Crippen molar-refractivity contribution in [1.29, 1.82) is 0 Å². The largest absolute Gasteiger partial charge is 0.497 e. The van der Waals surface area contributed by atoms with E-state index < -0.39 is 0 Å². The third-order valence-corrected chi connectivity index (χ3v) is 6.41. The van der Waals surface area contributed by atoms with Gasteiger partial charge >= 0.3 is 0 Å². The van der Waals surface area contributed by atoms with Gasteiger partial charge in [0.05, 0.1) is 17.4 Å². The van der Waals surface area contributed by atoms with Crippen LogP contribution in [0.5, 0.6) is 5.75 Å². The number of rotatable bonds is 4. The zero-order chi connectivity index (χ0) is 17.4. The normalized spacial score (nSPS) is 11.2. The van der Waals surface area contributed by atoms with Crippen molar-refractivity contribution in [3.8, 4) is 16.5 Å². The topological polar surface area (TPSA) is 35.0 Å². The summed E-state index contributed by atoms with van der Waals surface area (Å²) in [4.78, 5) is 12.5. The summed E-state index contributed by atoms with van der Waals surface area (Å²) in [6, 6.07) is 12.1. The summed E-state index contributed by atoms with van der Waals surface area (Å²) in [6.07, 6.45) is 0.828. The van der Waals surface area contributed by atoms with Crippen LogP contribution in [0, 0.1) is 6.92 Å². The molecule has 4 rings (SSSR count). The fraction of sp³-hybridized carbons (Fsp3) is 0.158. The third-order valence-electron chi connectivity index (χ3n) is 4.09. The highest BCUT2D eigenvalue weighted by atomic mass is 35.5. The molecule has 0 amide bonds. The molecule has 0 spiro atoms. The number of aryl methyl sites for hydroxylation is 1. The van der Waals surface area contributed by atoms with Gasteiger partial charge in [0.25, 0.3) is 0 Å². The van der Waals surface area contributed by atoms with Crippen molar-refractivity contribution in [2.24, 2.45) is 0 Å². The smallest absolute Gasteiger partial charge is 0.172 e. The minimum atomic E-state index is 0.527. The number of thiophene rings is 2. The highest BCUT2D eigenvalue weighted by molar-refractivity contribution is 7.19. The van der Waals surface area contributed by atoms with Crippen LogP contribution in [-0.2, 0) is 6.42 Å². The lowest BCUT2D eigenvalue weighted by Crippen LogP contribution is -1.90. The van der Waals surface area contributed by atoms with Crippen molar-refractivity contribution in [2.75, 3.05) is 7.11 Å². The van der Waals surface area contributed by atoms with E-state index in [1.165, 1.54) is 10.4 Å². The Balaban J connectivity index is 1.77. The van der Waals surface area contributed by atoms with E-state index in [2.05, 4.69) is 24.0 Å². The second kappa shape index (κ2) is 6.75. The average molecular weight is 387 g/mol. The standard InChI is InChI=1S/C19H15ClN2OS2/c1-11-15(10-12-5-3-6-13(9-12)23-2)25-19-16(11)17(20)21-18(22-19)14-7-4-8-24-14/h3-9H,10H2,1-2H3. The number of benzene rings is 1. The molecule has 0 fully saturated rings. The van der Waals surface area contributed by atoms with Crippen LogP contribution in [0.25, 0.3) is 20.9 Å². The second-order valence-electron chi connectivity index (χ2n) is 5.67. The predicted octanol–water partition coefficient (Wildman–Crippen LogP) is 5.98. The molecule has 1 aromatic carbocycles. The molecule has 0 bridgehead atoms. The first-order valence-corrected chi connectivity index (χ1v) is 9.85. The Bertz CT molecular complexity index is 1040. The lowest BCUT2D eigenvalue weighted by atomic mass is 10.1. The van der Waals surface area contributed by atoms with Crippen LogP contribution < -0.4 is 4.74 Å². The third kappa shape index (κ3) is 3.15.